The van der Waals surface area contributed by atoms with Gasteiger partial charge < -0.3 is 4.74 Å². The van der Waals surface area contributed by atoms with Crippen LogP contribution in [0.25, 0.3) is 10.8 Å². The van der Waals surface area contributed by atoms with Gasteiger partial charge in [-0.05, 0) is 39.2 Å². The van der Waals surface area contributed by atoms with E-state index >= 15 is 0 Å². The average molecular weight is 293 g/mol. The summed E-state index contributed by atoms with van der Waals surface area (Å²) in [6.45, 7) is 1.78. The third-order valence-corrected chi connectivity index (χ3v) is 2.70. The molecule has 1 unspecified atom stereocenters. The molecule has 2 aromatic rings. The molecule has 0 bridgehead atoms. The van der Waals surface area contributed by atoms with Gasteiger partial charge in [0.1, 0.15) is 0 Å². The van der Waals surface area contributed by atoms with Crippen molar-refractivity contribution < 1.29 is 9.53 Å². The number of fused-ring (bicyclic) bond motifs is 1. The van der Waals surface area contributed by atoms with Crippen molar-refractivity contribution >= 4 is 32.7 Å². The first kappa shape index (κ1) is 12.1. The number of alkyl halides is 1. The van der Waals surface area contributed by atoms with Crippen LogP contribution in [0.4, 0.5) is 0 Å². The van der Waals surface area contributed by atoms with Crippen LogP contribution < -0.4 is 0 Å². The molecule has 88 valence electrons. The largest absolute Gasteiger partial charge is 0.451 e. The third-order valence-electron chi connectivity index (χ3n) is 2.51. The Balaban J connectivity index is 2.27. The van der Waals surface area contributed by atoms with Crippen LogP contribution in [0, 0.1) is 0 Å². The highest BCUT2D eigenvalue weighted by molar-refractivity contribution is 9.09. The van der Waals surface area contributed by atoms with Gasteiger partial charge in [-0.1, -0.05) is 42.5 Å². The molecule has 0 fully saturated rings. The van der Waals surface area contributed by atoms with E-state index in [1.54, 1.807) is 6.92 Å². The lowest BCUT2D eigenvalue weighted by Gasteiger charge is -2.08. The van der Waals surface area contributed by atoms with E-state index in [1.165, 1.54) is 0 Å². The van der Waals surface area contributed by atoms with Crippen molar-refractivity contribution in [3.05, 3.63) is 48.0 Å². The van der Waals surface area contributed by atoms with Crippen LogP contribution in [-0.4, -0.2) is 11.0 Å². The van der Waals surface area contributed by atoms with E-state index in [9.17, 15) is 4.79 Å². The molecule has 0 saturated carbocycles. The first-order chi connectivity index (χ1) is 8.16. The molecule has 2 rings (SSSR count). The highest BCUT2D eigenvalue weighted by Gasteiger charge is 2.09. The molecule has 0 aliphatic carbocycles. The van der Waals surface area contributed by atoms with Crippen LogP contribution in [0.1, 0.15) is 12.5 Å². The zero-order chi connectivity index (χ0) is 12.3. The maximum atomic E-state index is 11.6. The van der Waals surface area contributed by atoms with Gasteiger partial charge in [0.2, 0.25) is 0 Å². The van der Waals surface area contributed by atoms with Gasteiger partial charge in [0.05, 0.1) is 6.42 Å². The van der Waals surface area contributed by atoms with E-state index in [1.807, 2.05) is 42.5 Å². The second-order valence-electron chi connectivity index (χ2n) is 3.85. The van der Waals surface area contributed by atoms with Crippen LogP contribution in [0.3, 0.4) is 0 Å². The van der Waals surface area contributed by atoms with Gasteiger partial charge in [0, 0.05) is 0 Å². The van der Waals surface area contributed by atoms with Gasteiger partial charge in [-0.25, -0.2) is 0 Å². The zero-order valence-electron chi connectivity index (χ0n) is 9.52. The monoisotopic (exact) mass is 292 g/mol. The third kappa shape index (κ3) is 3.07. The summed E-state index contributed by atoms with van der Waals surface area (Å²) < 4.78 is 5.08. The molecule has 0 amide bonds. The predicted molar refractivity (Wildman–Crippen MR) is 72.1 cm³/mol. The lowest BCUT2D eigenvalue weighted by Crippen LogP contribution is -2.11. The highest BCUT2D eigenvalue weighted by atomic mass is 79.9. The molecule has 2 aromatic carbocycles. The van der Waals surface area contributed by atoms with Crippen molar-refractivity contribution in [3.8, 4) is 0 Å². The van der Waals surface area contributed by atoms with Gasteiger partial charge in [0.25, 0.3) is 0 Å². The number of halogens is 1. The molecule has 0 aliphatic heterocycles. The van der Waals surface area contributed by atoms with Crippen molar-refractivity contribution in [1.82, 2.24) is 0 Å². The summed E-state index contributed by atoms with van der Waals surface area (Å²) in [7, 11) is 0. The summed E-state index contributed by atoms with van der Waals surface area (Å²) in [5.41, 5.74) is 1.00. The van der Waals surface area contributed by atoms with Gasteiger partial charge in [-0.15, -0.1) is 0 Å². The summed E-state index contributed by atoms with van der Waals surface area (Å²) >= 11 is 3.20. The van der Waals surface area contributed by atoms with Crippen LogP contribution in [0.15, 0.2) is 42.5 Å². The van der Waals surface area contributed by atoms with Gasteiger partial charge >= 0.3 is 5.97 Å². The summed E-state index contributed by atoms with van der Waals surface area (Å²) in [6.07, 6.45) is 0.303. The molecular weight excluding hydrogens is 280 g/mol. The Hall–Kier alpha value is -1.35. The zero-order valence-corrected chi connectivity index (χ0v) is 11.1. The van der Waals surface area contributed by atoms with Crippen molar-refractivity contribution in [3.63, 3.8) is 0 Å². The molecule has 0 aromatic heterocycles. The average Bonchev–Trinajstić information content (AvgIpc) is 2.28. The molecule has 0 heterocycles. The quantitative estimate of drug-likeness (QED) is 0.637. The van der Waals surface area contributed by atoms with Gasteiger partial charge in [-0.2, -0.15) is 0 Å². The molecule has 17 heavy (non-hydrogen) atoms. The predicted octanol–water partition coefficient (Wildman–Crippen LogP) is 3.67. The lowest BCUT2D eigenvalue weighted by atomic mass is 10.0. The van der Waals surface area contributed by atoms with E-state index in [4.69, 9.17) is 4.74 Å². The molecule has 0 spiro atoms. The summed E-state index contributed by atoms with van der Waals surface area (Å²) in [4.78, 5) is 11.6. The van der Waals surface area contributed by atoms with E-state index in [0.29, 0.717) is 6.42 Å². The normalized spacial score (nSPS) is 12.4. The Bertz CT molecular complexity index is 529. The SMILES string of the molecule is CC(Br)OC(=O)Cc1cccc2ccccc12. The summed E-state index contributed by atoms with van der Waals surface area (Å²) in [5.74, 6) is -0.217. The first-order valence-corrected chi connectivity index (χ1v) is 6.38. The molecule has 0 saturated heterocycles. The first-order valence-electron chi connectivity index (χ1n) is 5.47. The summed E-state index contributed by atoms with van der Waals surface area (Å²) in [5, 5.41) is 2.00. The van der Waals surface area contributed by atoms with Crippen molar-refractivity contribution in [1.29, 1.82) is 0 Å². The number of carbonyl (C=O) groups is 1. The summed E-state index contributed by atoms with van der Waals surface area (Å²) in [6, 6.07) is 14.0. The number of benzene rings is 2. The lowest BCUT2D eigenvalue weighted by molar-refractivity contribution is -0.143. The molecule has 3 heteroatoms. The smallest absolute Gasteiger partial charge is 0.311 e. The number of esters is 1. The maximum absolute atomic E-state index is 11.6. The van der Waals surface area contributed by atoms with Crippen LogP contribution in [-0.2, 0) is 16.0 Å². The molecule has 0 N–H and O–H groups in total. The Kier molecular flexibility index (Phi) is 3.79. The van der Waals surface area contributed by atoms with Crippen molar-refractivity contribution in [2.24, 2.45) is 0 Å². The van der Waals surface area contributed by atoms with Crippen LogP contribution in [0.5, 0.6) is 0 Å². The molecular formula is C14H13BrO2. The highest BCUT2D eigenvalue weighted by Crippen LogP contribution is 2.19. The van der Waals surface area contributed by atoms with Gasteiger partial charge in [0.15, 0.2) is 5.01 Å². The van der Waals surface area contributed by atoms with E-state index in [-0.39, 0.29) is 11.0 Å². The Morgan fingerprint density at radius 3 is 2.71 bits per heavy atom. The standard InChI is InChI=1S/C14H13BrO2/c1-10(15)17-14(16)9-12-7-4-6-11-5-2-3-8-13(11)12/h2-8,10H,9H2,1H3. The number of hydrogen-bond donors (Lipinski definition) is 0. The molecule has 2 nitrogen and oxygen atoms in total. The Labute approximate surface area is 109 Å². The second kappa shape index (κ2) is 5.32. The van der Waals surface area contributed by atoms with Gasteiger partial charge in [-0.3, -0.25) is 4.79 Å². The van der Waals surface area contributed by atoms with E-state index < -0.39 is 0 Å². The number of ether oxygens (including phenoxy) is 1. The number of hydrogen-bond acceptors (Lipinski definition) is 2. The molecule has 0 radical (unpaired) electrons. The fourth-order valence-corrected chi connectivity index (χ4v) is 2.03. The topological polar surface area (TPSA) is 26.3 Å². The Morgan fingerprint density at radius 1 is 1.24 bits per heavy atom. The van der Waals surface area contributed by atoms with Crippen LogP contribution in [0.2, 0.25) is 0 Å². The minimum atomic E-state index is -0.245. The molecule has 1 atom stereocenters. The maximum Gasteiger partial charge on any atom is 0.311 e. The van der Waals surface area contributed by atoms with Crippen LogP contribution >= 0.6 is 15.9 Å². The van der Waals surface area contributed by atoms with Crippen molar-refractivity contribution in [2.75, 3.05) is 0 Å². The minimum Gasteiger partial charge on any atom is -0.451 e. The number of rotatable bonds is 3. The van der Waals surface area contributed by atoms with E-state index in [2.05, 4.69) is 15.9 Å². The number of carbonyl (C=O) groups excluding carboxylic acids is 1. The van der Waals surface area contributed by atoms with Crippen molar-refractivity contribution in [2.45, 2.75) is 18.4 Å². The fraction of sp³-hybridized carbons (Fsp3) is 0.214. The minimum absolute atomic E-state index is 0.217. The van der Waals surface area contributed by atoms with E-state index in [0.717, 1.165) is 16.3 Å². The fourth-order valence-electron chi connectivity index (χ4n) is 1.82. The Morgan fingerprint density at radius 2 is 1.94 bits per heavy atom. The second-order valence-corrected chi connectivity index (χ2v) is 5.14. The molecule has 0 aliphatic rings.